The molecule has 0 spiro atoms. The summed E-state index contributed by atoms with van der Waals surface area (Å²) in [6.07, 6.45) is -1.17. The molecule has 1 N–H and O–H groups in total. The lowest BCUT2D eigenvalue weighted by Gasteiger charge is -2.29. The Morgan fingerprint density at radius 1 is 1.22 bits per heavy atom. The van der Waals surface area contributed by atoms with Crippen molar-refractivity contribution in [2.24, 2.45) is 0 Å². The Kier molecular flexibility index (Phi) is 6.36. The Morgan fingerprint density at radius 2 is 2.06 bits per heavy atom. The molecule has 0 amide bonds. The van der Waals surface area contributed by atoms with Gasteiger partial charge in [-0.25, -0.2) is 15.0 Å². The van der Waals surface area contributed by atoms with Crippen LogP contribution in [0.1, 0.15) is 42.6 Å². The summed E-state index contributed by atoms with van der Waals surface area (Å²) >= 11 is 1.56. The fourth-order valence-corrected chi connectivity index (χ4v) is 5.27. The van der Waals surface area contributed by atoms with Crippen LogP contribution < -0.4 is 4.90 Å². The molecule has 1 aliphatic heterocycles. The summed E-state index contributed by atoms with van der Waals surface area (Å²) in [6.45, 7) is 4.62. The molecule has 190 valence electrons. The molecule has 0 saturated carbocycles. The first-order valence-corrected chi connectivity index (χ1v) is 12.3. The van der Waals surface area contributed by atoms with Crippen molar-refractivity contribution in [3.63, 3.8) is 0 Å². The second kappa shape index (κ2) is 9.48. The van der Waals surface area contributed by atoms with Crippen LogP contribution in [0.15, 0.2) is 12.3 Å². The maximum atomic E-state index is 13.3. The zero-order chi connectivity index (χ0) is 25.4. The highest BCUT2D eigenvalue weighted by Gasteiger charge is 2.39. The van der Waals surface area contributed by atoms with Gasteiger partial charge in [-0.3, -0.25) is 4.79 Å². The van der Waals surface area contributed by atoms with Crippen LogP contribution in [0, 0.1) is 0 Å². The van der Waals surface area contributed by atoms with Crippen LogP contribution >= 0.6 is 11.3 Å². The number of nitrogens with one attached hydrogen (secondary N) is 1. The molecule has 0 radical (unpaired) electrons. The van der Waals surface area contributed by atoms with E-state index in [2.05, 4.69) is 27.1 Å². The van der Waals surface area contributed by atoms with Crippen LogP contribution in [0.5, 0.6) is 0 Å². The second-order valence-corrected chi connectivity index (χ2v) is 9.40. The molecule has 14 heteroatoms. The largest absolute Gasteiger partial charge is 0.466 e. The van der Waals surface area contributed by atoms with E-state index in [4.69, 9.17) is 14.7 Å². The van der Waals surface area contributed by atoms with E-state index in [1.807, 2.05) is 11.0 Å². The molecule has 36 heavy (non-hydrogen) atoms. The van der Waals surface area contributed by atoms with Gasteiger partial charge in [-0.15, -0.1) is 21.5 Å². The van der Waals surface area contributed by atoms with Crippen molar-refractivity contribution in [3.8, 4) is 11.5 Å². The second-order valence-electron chi connectivity index (χ2n) is 8.29. The Balaban J connectivity index is 1.52. The number of ether oxygens (including phenoxy) is 1. The number of esters is 1. The first kappa shape index (κ1) is 24.2. The molecule has 0 aromatic carbocycles. The number of hydrogen-bond acceptors (Lipinski definition) is 9. The van der Waals surface area contributed by atoms with Gasteiger partial charge in [0.25, 0.3) is 0 Å². The monoisotopic (exact) mass is 520 g/mol. The van der Waals surface area contributed by atoms with Crippen molar-refractivity contribution in [3.05, 3.63) is 34.6 Å². The van der Waals surface area contributed by atoms with E-state index < -0.39 is 18.0 Å². The number of fused-ring (bicyclic) bond motifs is 2. The van der Waals surface area contributed by atoms with Gasteiger partial charge in [-0.1, -0.05) is 13.3 Å². The minimum Gasteiger partial charge on any atom is -0.466 e. The molecule has 5 rings (SSSR count). The number of aromatic nitrogens is 7. The Hall–Kier alpha value is -3.55. The number of nitrogens with zero attached hydrogens (tertiary/aromatic N) is 7. The number of alkyl halides is 3. The quantitative estimate of drug-likeness (QED) is 0.366. The van der Waals surface area contributed by atoms with Crippen molar-refractivity contribution >= 4 is 33.3 Å². The third-order valence-corrected chi connectivity index (χ3v) is 6.80. The highest BCUT2D eigenvalue weighted by Crippen LogP contribution is 2.36. The van der Waals surface area contributed by atoms with Gasteiger partial charge in [0.05, 0.1) is 24.7 Å². The Labute approximate surface area is 207 Å². The van der Waals surface area contributed by atoms with Gasteiger partial charge in [0.15, 0.2) is 11.6 Å². The topological polar surface area (TPSA) is 115 Å². The highest BCUT2D eigenvalue weighted by atomic mass is 32.1. The summed E-state index contributed by atoms with van der Waals surface area (Å²) in [6, 6.07) is 2.04. The lowest BCUT2D eigenvalue weighted by atomic mass is 10.2. The average Bonchev–Trinajstić information content (AvgIpc) is 3.55. The number of H-pyrrole nitrogens is 1. The standard InChI is InChI=1S/C22H23F3N8O2S/c1-3-5-12-8-13-19(32-6-7-33-16(11-32)30-31-21(33)22(23,24)25)28-18(29-20(13)36-12)14-10-26-15(27-14)9-17(34)35-4-2/h8,10H,3-7,9,11H2,1-2H3,(H,26,27). The number of anilines is 1. The molecule has 0 aliphatic carbocycles. The average molecular weight is 521 g/mol. The number of imidazole rings is 1. The Morgan fingerprint density at radius 3 is 2.81 bits per heavy atom. The van der Waals surface area contributed by atoms with Gasteiger partial charge in [0.2, 0.25) is 5.82 Å². The predicted molar refractivity (Wildman–Crippen MR) is 125 cm³/mol. The molecular weight excluding hydrogens is 497 g/mol. The van der Waals surface area contributed by atoms with E-state index in [0.29, 0.717) is 29.7 Å². The molecule has 5 heterocycles. The van der Waals surface area contributed by atoms with Crippen molar-refractivity contribution in [1.29, 1.82) is 0 Å². The number of carbonyl (C=O) groups is 1. The van der Waals surface area contributed by atoms with Gasteiger partial charge < -0.3 is 19.2 Å². The summed E-state index contributed by atoms with van der Waals surface area (Å²) in [4.78, 5) is 32.5. The zero-order valence-corrected chi connectivity index (χ0v) is 20.4. The molecule has 0 atom stereocenters. The molecule has 4 aromatic heterocycles. The lowest BCUT2D eigenvalue weighted by molar-refractivity contribution is -0.147. The van der Waals surface area contributed by atoms with Gasteiger partial charge in [0.1, 0.15) is 28.6 Å². The van der Waals surface area contributed by atoms with E-state index in [-0.39, 0.29) is 31.9 Å². The number of hydrogen-bond donors (Lipinski definition) is 1. The number of rotatable bonds is 7. The third-order valence-electron chi connectivity index (χ3n) is 5.71. The molecular formula is C22H23F3N8O2S. The van der Waals surface area contributed by atoms with E-state index in [0.717, 1.165) is 32.5 Å². The number of carbonyl (C=O) groups excluding carboxylic acids is 1. The minimum absolute atomic E-state index is 0.00802. The smallest absolute Gasteiger partial charge is 0.451 e. The highest BCUT2D eigenvalue weighted by molar-refractivity contribution is 7.18. The SMILES string of the molecule is CCCc1cc2c(N3CCn4c(nnc4C(F)(F)F)C3)nc(-c3cnc(CC(=O)OCC)[nH]3)nc2s1. The van der Waals surface area contributed by atoms with Gasteiger partial charge >= 0.3 is 12.1 Å². The van der Waals surface area contributed by atoms with E-state index >= 15 is 0 Å². The molecule has 0 fully saturated rings. The van der Waals surface area contributed by atoms with Gasteiger partial charge in [-0.05, 0) is 19.4 Å². The van der Waals surface area contributed by atoms with Crippen LogP contribution in [-0.4, -0.2) is 53.8 Å². The summed E-state index contributed by atoms with van der Waals surface area (Å²) in [5.74, 6) is 0.263. The van der Waals surface area contributed by atoms with E-state index in [1.165, 1.54) is 0 Å². The van der Waals surface area contributed by atoms with Crippen molar-refractivity contribution in [2.45, 2.75) is 52.4 Å². The molecule has 1 aliphatic rings. The van der Waals surface area contributed by atoms with Crippen LogP contribution in [0.3, 0.4) is 0 Å². The fraction of sp³-hybridized carbons (Fsp3) is 0.455. The molecule has 0 bridgehead atoms. The van der Waals surface area contributed by atoms with Crippen LogP contribution in [-0.2, 0) is 41.6 Å². The third kappa shape index (κ3) is 4.64. The predicted octanol–water partition coefficient (Wildman–Crippen LogP) is 3.77. The summed E-state index contributed by atoms with van der Waals surface area (Å²) in [5.41, 5.74) is 0.530. The normalized spacial score (nSPS) is 13.9. The van der Waals surface area contributed by atoms with E-state index in [9.17, 15) is 18.0 Å². The minimum atomic E-state index is -4.56. The molecule has 4 aromatic rings. The molecule has 0 saturated heterocycles. The number of halogens is 3. The van der Waals surface area contributed by atoms with Gasteiger partial charge in [-0.2, -0.15) is 13.2 Å². The maximum Gasteiger partial charge on any atom is 0.451 e. The van der Waals surface area contributed by atoms with Crippen LogP contribution in [0.2, 0.25) is 0 Å². The maximum absolute atomic E-state index is 13.3. The van der Waals surface area contributed by atoms with Crippen LogP contribution in [0.4, 0.5) is 19.0 Å². The lowest BCUT2D eigenvalue weighted by Crippen LogP contribution is -2.36. The Bertz CT molecular complexity index is 1410. The number of thiophene rings is 1. The van der Waals surface area contributed by atoms with Crippen molar-refractivity contribution < 1.29 is 22.7 Å². The zero-order valence-electron chi connectivity index (χ0n) is 19.6. The van der Waals surface area contributed by atoms with Crippen LogP contribution in [0.25, 0.3) is 21.7 Å². The number of aryl methyl sites for hydroxylation is 1. The van der Waals surface area contributed by atoms with Crippen molar-refractivity contribution in [1.82, 2.24) is 34.7 Å². The first-order chi connectivity index (χ1) is 17.3. The molecule has 10 nitrogen and oxygen atoms in total. The molecule has 0 unspecified atom stereocenters. The first-order valence-electron chi connectivity index (χ1n) is 11.5. The van der Waals surface area contributed by atoms with Crippen molar-refractivity contribution in [2.75, 3.05) is 18.1 Å². The summed E-state index contributed by atoms with van der Waals surface area (Å²) in [5, 5.41) is 8.00. The van der Waals surface area contributed by atoms with Gasteiger partial charge in [0, 0.05) is 18.0 Å². The van der Waals surface area contributed by atoms with E-state index in [1.54, 1.807) is 24.5 Å². The summed E-state index contributed by atoms with van der Waals surface area (Å²) in [7, 11) is 0. The summed E-state index contributed by atoms with van der Waals surface area (Å²) < 4.78 is 45.9. The number of aromatic amines is 1. The fourth-order valence-electron chi connectivity index (χ4n) is 4.15.